The van der Waals surface area contributed by atoms with Crippen molar-refractivity contribution >= 4 is 35.1 Å². The predicted molar refractivity (Wildman–Crippen MR) is 92.5 cm³/mol. The lowest BCUT2D eigenvalue weighted by Crippen LogP contribution is -2.24. The SMILES string of the molecule is Cc1ccc(-n2c(C)cc(C=NNC(N)=S)c2C)cc1Cl. The summed E-state index contributed by atoms with van der Waals surface area (Å²) < 4.78 is 2.13. The van der Waals surface area contributed by atoms with Crippen molar-refractivity contribution in [3.05, 3.63) is 51.8 Å². The van der Waals surface area contributed by atoms with Crippen molar-refractivity contribution < 1.29 is 0 Å². The van der Waals surface area contributed by atoms with E-state index in [0.29, 0.717) is 0 Å². The van der Waals surface area contributed by atoms with Crippen LogP contribution in [0.2, 0.25) is 5.02 Å². The van der Waals surface area contributed by atoms with Crippen molar-refractivity contribution in [1.82, 2.24) is 9.99 Å². The van der Waals surface area contributed by atoms with Gasteiger partial charge in [-0.25, -0.2) is 0 Å². The fourth-order valence-corrected chi connectivity index (χ4v) is 2.43. The van der Waals surface area contributed by atoms with Crippen LogP contribution in [0.1, 0.15) is 22.5 Å². The van der Waals surface area contributed by atoms with Gasteiger partial charge in [0, 0.05) is 27.7 Å². The van der Waals surface area contributed by atoms with E-state index < -0.39 is 0 Å². The minimum Gasteiger partial charge on any atom is -0.375 e. The monoisotopic (exact) mass is 320 g/mol. The lowest BCUT2D eigenvalue weighted by atomic mass is 10.2. The van der Waals surface area contributed by atoms with Crippen LogP contribution in [0.3, 0.4) is 0 Å². The number of halogens is 1. The molecule has 0 aliphatic carbocycles. The van der Waals surface area contributed by atoms with Gasteiger partial charge in [0.15, 0.2) is 5.11 Å². The van der Waals surface area contributed by atoms with Crippen LogP contribution in [0.4, 0.5) is 0 Å². The van der Waals surface area contributed by atoms with Crippen LogP contribution in [-0.4, -0.2) is 15.9 Å². The highest BCUT2D eigenvalue weighted by atomic mass is 35.5. The standard InChI is InChI=1S/C15H17ClN4S/c1-9-4-5-13(7-14(9)16)20-10(2)6-12(11(20)3)8-18-19-15(17)21/h4-8H,1-3H3,(H3,17,19,21). The van der Waals surface area contributed by atoms with E-state index in [1.54, 1.807) is 6.21 Å². The van der Waals surface area contributed by atoms with Crippen molar-refractivity contribution in [3.8, 4) is 5.69 Å². The van der Waals surface area contributed by atoms with Crippen molar-refractivity contribution in [1.29, 1.82) is 0 Å². The van der Waals surface area contributed by atoms with Gasteiger partial charge in [-0.2, -0.15) is 5.10 Å². The van der Waals surface area contributed by atoms with Gasteiger partial charge in [-0.05, 0) is 56.8 Å². The molecule has 4 nitrogen and oxygen atoms in total. The van der Waals surface area contributed by atoms with Gasteiger partial charge in [-0.15, -0.1) is 0 Å². The number of thiocarbonyl (C=S) groups is 1. The first-order valence-electron chi connectivity index (χ1n) is 6.44. The Kier molecular flexibility index (Phi) is 4.65. The number of nitrogens with one attached hydrogen (secondary N) is 1. The molecule has 1 aromatic carbocycles. The van der Waals surface area contributed by atoms with Crippen molar-refractivity contribution in [3.63, 3.8) is 0 Å². The summed E-state index contributed by atoms with van der Waals surface area (Å²) in [5.41, 5.74) is 13.1. The summed E-state index contributed by atoms with van der Waals surface area (Å²) in [5.74, 6) is 0. The molecule has 0 unspecified atom stereocenters. The third-order valence-electron chi connectivity index (χ3n) is 3.26. The number of hydrazone groups is 1. The molecule has 21 heavy (non-hydrogen) atoms. The zero-order chi connectivity index (χ0) is 15.6. The molecular weight excluding hydrogens is 304 g/mol. The van der Waals surface area contributed by atoms with Crippen LogP contribution in [0.15, 0.2) is 29.4 Å². The molecule has 0 fully saturated rings. The van der Waals surface area contributed by atoms with Crippen LogP contribution in [0.25, 0.3) is 5.69 Å². The average Bonchev–Trinajstić information content (AvgIpc) is 2.68. The first kappa shape index (κ1) is 15.5. The zero-order valence-electron chi connectivity index (χ0n) is 12.1. The summed E-state index contributed by atoms with van der Waals surface area (Å²) >= 11 is 10.9. The van der Waals surface area contributed by atoms with E-state index in [4.69, 9.17) is 29.6 Å². The van der Waals surface area contributed by atoms with E-state index in [9.17, 15) is 0 Å². The van der Waals surface area contributed by atoms with E-state index in [0.717, 1.165) is 33.2 Å². The summed E-state index contributed by atoms with van der Waals surface area (Å²) in [6.45, 7) is 6.06. The lowest BCUT2D eigenvalue weighted by molar-refractivity contribution is 0.963. The molecule has 1 aromatic heterocycles. The molecule has 2 aromatic rings. The zero-order valence-corrected chi connectivity index (χ0v) is 13.7. The number of benzene rings is 1. The van der Waals surface area contributed by atoms with Crippen molar-refractivity contribution in [2.75, 3.05) is 0 Å². The van der Waals surface area contributed by atoms with E-state index >= 15 is 0 Å². The molecule has 0 atom stereocenters. The summed E-state index contributed by atoms with van der Waals surface area (Å²) in [5, 5.41) is 4.90. The minimum absolute atomic E-state index is 0.144. The molecule has 0 saturated heterocycles. The van der Waals surface area contributed by atoms with Gasteiger partial charge in [-0.1, -0.05) is 17.7 Å². The molecule has 0 aliphatic rings. The Labute approximate surface area is 134 Å². The predicted octanol–water partition coefficient (Wildman–Crippen LogP) is 3.22. The van der Waals surface area contributed by atoms with Gasteiger partial charge in [-0.3, -0.25) is 5.43 Å². The number of nitrogens with zero attached hydrogens (tertiary/aromatic N) is 2. The highest BCUT2D eigenvalue weighted by Gasteiger charge is 2.10. The molecule has 0 saturated carbocycles. The molecule has 1 heterocycles. The Morgan fingerprint density at radius 2 is 2.05 bits per heavy atom. The first-order valence-corrected chi connectivity index (χ1v) is 7.22. The second-order valence-corrected chi connectivity index (χ2v) is 5.68. The number of aromatic nitrogens is 1. The summed E-state index contributed by atoms with van der Waals surface area (Å²) in [6.07, 6.45) is 1.70. The molecule has 6 heteroatoms. The maximum absolute atomic E-state index is 6.22. The van der Waals surface area contributed by atoms with E-state index in [1.165, 1.54) is 0 Å². The minimum atomic E-state index is 0.144. The molecule has 110 valence electrons. The normalized spacial score (nSPS) is 11.0. The van der Waals surface area contributed by atoms with Crippen molar-refractivity contribution in [2.24, 2.45) is 10.8 Å². The average molecular weight is 321 g/mol. The largest absolute Gasteiger partial charge is 0.375 e. The molecule has 0 spiro atoms. The highest BCUT2D eigenvalue weighted by molar-refractivity contribution is 7.80. The summed E-state index contributed by atoms with van der Waals surface area (Å²) in [4.78, 5) is 0. The molecule has 0 radical (unpaired) electrons. The molecular formula is C15H17ClN4S. The third kappa shape index (κ3) is 3.43. The Morgan fingerprint density at radius 3 is 2.67 bits per heavy atom. The maximum Gasteiger partial charge on any atom is 0.184 e. The number of nitrogens with two attached hydrogens (primary N) is 1. The fourth-order valence-electron chi connectivity index (χ4n) is 2.20. The van der Waals surface area contributed by atoms with Crippen LogP contribution in [0, 0.1) is 20.8 Å². The molecule has 0 aliphatic heterocycles. The number of aryl methyl sites for hydroxylation is 2. The van der Waals surface area contributed by atoms with Gasteiger partial charge in [0.2, 0.25) is 0 Å². The Hall–Kier alpha value is -1.85. The molecule has 0 amide bonds. The smallest absolute Gasteiger partial charge is 0.184 e. The van der Waals surface area contributed by atoms with Crippen LogP contribution >= 0.6 is 23.8 Å². The van der Waals surface area contributed by atoms with Gasteiger partial charge < -0.3 is 10.3 Å². The summed E-state index contributed by atoms with van der Waals surface area (Å²) in [7, 11) is 0. The Morgan fingerprint density at radius 1 is 1.33 bits per heavy atom. The second kappa shape index (κ2) is 6.28. The number of hydrogen-bond donors (Lipinski definition) is 2. The van der Waals surface area contributed by atoms with Gasteiger partial charge in [0.05, 0.1) is 6.21 Å². The Balaban J connectivity index is 2.41. The maximum atomic E-state index is 6.22. The number of hydrogen-bond acceptors (Lipinski definition) is 2. The highest BCUT2D eigenvalue weighted by Crippen LogP contribution is 2.24. The van der Waals surface area contributed by atoms with Gasteiger partial charge in [0.1, 0.15) is 0 Å². The lowest BCUT2D eigenvalue weighted by Gasteiger charge is -2.11. The van der Waals surface area contributed by atoms with Crippen LogP contribution in [0.5, 0.6) is 0 Å². The summed E-state index contributed by atoms with van der Waals surface area (Å²) in [6, 6.07) is 8.08. The van der Waals surface area contributed by atoms with E-state index in [-0.39, 0.29) is 5.11 Å². The molecule has 2 rings (SSSR count). The third-order valence-corrected chi connectivity index (χ3v) is 3.76. The quantitative estimate of drug-likeness (QED) is 0.518. The van der Waals surface area contributed by atoms with Crippen LogP contribution in [-0.2, 0) is 0 Å². The van der Waals surface area contributed by atoms with Gasteiger partial charge in [0.25, 0.3) is 0 Å². The van der Waals surface area contributed by atoms with Crippen LogP contribution < -0.4 is 11.2 Å². The number of rotatable bonds is 3. The first-order chi connectivity index (χ1) is 9.90. The molecule has 0 bridgehead atoms. The van der Waals surface area contributed by atoms with Crippen molar-refractivity contribution in [2.45, 2.75) is 20.8 Å². The second-order valence-electron chi connectivity index (χ2n) is 4.83. The fraction of sp³-hybridized carbons (Fsp3) is 0.200. The van der Waals surface area contributed by atoms with Gasteiger partial charge >= 0.3 is 0 Å². The topological polar surface area (TPSA) is 55.3 Å². The van der Waals surface area contributed by atoms with E-state index in [2.05, 4.69) is 21.2 Å². The Bertz CT molecular complexity index is 719. The molecule has 3 N–H and O–H groups in total. The van der Waals surface area contributed by atoms with E-state index in [1.807, 2.05) is 39.0 Å².